The highest BCUT2D eigenvalue weighted by Crippen LogP contribution is 2.25. The van der Waals surface area contributed by atoms with Crippen molar-refractivity contribution < 1.29 is 9.59 Å². The van der Waals surface area contributed by atoms with Crippen molar-refractivity contribution in [2.45, 2.75) is 26.7 Å². The molecule has 0 fully saturated rings. The third-order valence-electron chi connectivity index (χ3n) is 4.16. The van der Waals surface area contributed by atoms with Crippen LogP contribution in [0, 0.1) is 10.8 Å². The highest BCUT2D eigenvalue weighted by molar-refractivity contribution is 6.06. The molecule has 8 nitrogen and oxygen atoms in total. The van der Waals surface area contributed by atoms with Crippen molar-refractivity contribution in [2.75, 3.05) is 19.4 Å². The van der Waals surface area contributed by atoms with Gasteiger partial charge in [0.05, 0.1) is 11.3 Å². The van der Waals surface area contributed by atoms with Crippen molar-refractivity contribution in [1.29, 1.82) is 10.8 Å². The Balaban J connectivity index is 3.34. The first kappa shape index (κ1) is 24.4. The molecule has 2 amide bonds. The van der Waals surface area contributed by atoms with Crippen LogP contribution < -0.4 is 21.3 Å². The van der Waals surface area contributed by atoms with E-state index in [0.717, 1.165) is 11.1 Å². The van der Waals surface area contributed by atoms with Gasteiger partial charge in [-0.05, 0) is 24.3 Å². The van der Waals surface area contributed by atoms with Gasteiger partial charge in [0.2, 0.25) is 5.91 Å². The lowest BCUT2D eigenvalue weighted by atomic mass is 9.97. The summed E-state index contributed by atoms with van der Waals surface area (Å²) in [6.07, 6.45) is 6.11. The summed E-state index contributed by atoms with van der Waals surface area (Å²) in [5.74, 6) is -0.974. The Hall–Kier alpha value is -3.68. The number of carbonyl (C=O) groups excluding carboxylic acids is 2. The summed E-state index contributed by atoms with van der Waals surface area (Å²) in [6, 6.07) is 5.55. The topological polar surface area (TPSA) is 130 Å². The minimum absolute atomic E-state index is 0.118. The monoisotopic (exact) mass is 410 g/mol. The van der Waals surface area contributed by atoms with E-state index >= 15 is 0 Å². The first-order valence-electron chi connectivity index (χ1n) is 9.53. The first-order valence-corrected chi connectivity index (χ1v) is 9.53. The van der Waals surface area contributed by atoms with Gasteiger partial charge in [-0.25, -0.2) is 0 Å². The summed E-state index contributed by atoms with van der Waals surface area (Å²) in [5.41, 5.74) is 3.26. The van der Waals surface area contributed by atoms with Gasteiger partial charge in [-0.3, -0.25) is 15.0 Å². The van der Waals surface area contributed by atoms with Gasteiger partial charge in [-0.2, -0.15) is 0 Å². The number of allylic oxidation sites excluding steroid dienone is 1. The van der Waals surface area contributed by atoms with Crippen LogP contribution in [0.5, 0.6) is 0 Å². The van der Waals surface area contributed by atoms with E-state index in [2.05, 4.69) is 27.8 Å². The normalized spacial score (nSPS) is 11.0. The lowest BCUT2D eigenvalue weighted by molar-refractivity contribution is -0.118. The molecule has 0 spiro atoms. The molecule has 0 bridgehead atoms. The molecule has 160 valence electrons. The highest BCUT2D eigenvalue weighted by Gasteiger charge is 2.16. The second kappa shape index (κ2) is 12.0. The molecule has 0 aliphatic rings. The molecule has 6 N–H and O–H groups in total. The van der Waals surface area contributed by atoms with Crippen LogP contribution in [0.25, 0.3) is 0 Å². The minimum atomic E-state index is -0.413. The molecular weight excluding hydrogens is 380 g/mol. The molecule has 0 heterocycles. The number of hydrogen-bond donors (Lipinski definition) is 6. The summed E-state index contributed by atoms with van der Waals surface area (Å²) in [5, 5.41) is 27.3. The smallest absolute Gasteiger partial charge is 0.252 e. The first-order chi connectivity index (χ1) is 14.2. The van der Waals surface area contributed by atoms with Gasteiger partial charge in [0.15, 0.2) is 0 Å². The summed E-state index contributed by atoms with van der Waals surface area (Å²) in [7, 11) is 3.29. The number of rotatable bonds is 10. The number of benzene rings is 1. The number of hydrogen-bond acceptors (Lipinski definition) is 6. The quantitative estimate of drug-likeness (QED) is 0.153. The highest BCUT2D eigenvalue weighted by atomic mass is 16.2. The van der Waals surface area contributed by atoms with Crippen molar-refractivity contribution in [3.63, 3.8) is 0 Å². The van der Waals surface area contributed by atoms with Gasteiger partial charge in [0.1, 0.15) is 5.84 Å². The Kier molecular flexibility index (Phi) is 9.75. The molecule has 1 aromatic carbocycles. The van der Waals surface area contributed by atoms with E-state index in [0.29, 0.717) is 24.2 Å². The second-order valence-corrected chi connectivity index (χ2v) is 6.39. The fourth-order valence-electron chi connectivity index (χ4n) is 2.76. The third kappa shape index (κ3) is 7.05. The van der Waals surface area contributed by atoms with E-state index in [1.165, 1.54) is 20.0 Å². The standard InChI is InChI=1S/C22H30N6O2/c1-6-16-17(18(23)10-8-12-25-4)9-7-11-19(16)28-20(14(2)22(30)26-5)13-21(24)27-15(3)29/h7-9,11-13,23,25,28H,2,6,10H2,1,3-5H3,(H,26,30)(H2,24,27,29)/b12-8-,20-13+,23-18?. The molecule has 8 heteroatoms. The predicted molar refractivity (Wildman–Crippen MR) is 122 cm³/mol. The maximum absolute atomic E-state index is 12.1. The van der Waals surface area contributed by atoms with Gasteiger partial charge in [0.25, 0.3) is 5.91 Å². The number of amides is 2. The third-order valence-corrected chi connectivity index (χ3v) is 4.16. The predicted octanol–water partition coefficient (Wildman–Crippen LogP) is 2.45. The number of carbonyl (C=O) groups is 2. The fourth-order valence-corrected chi connectivity index (χ4v) is 2.76. The summed E-state index contributed by atoms with van der Waals surface area (Å²) in [4.78, 5) is 23.4. The molecule has 0 aliphatic carbocycles. The molecule has 0 aliphatic heterocycles. The minimum Gasteiger partial charge on any atom is -0.394 e. The van der Waals surface area contributed by atoms with Gasteiger partial charge in [0, 0.05) is 50.5 Å². The summed E-state index contributed by atoms with van der Waals surface area (Å²) in [6.45, 7) is 7.09. The van der Waals surface area contributed by atoms with Crippen molar-refractivity contribution >= 4 is 29.0 Å². The Morgan fingerprint density at radius 3 is 2.47 bits per heavy atom. The molecule has 0 saturated heterocycles. The zero-order valence-corrected chi connectivity index (χ0v) is 17.9. The van der Waals surface area contributed by atoms with Crippen LogP contribution in [0.15, 0.2) is 54.4 Å². The van der Waals surface area contributed by atoms with E-state index in [1.807, 2.05) is 31.2 Å². The van der Waals surface area contributed by atoms with Crippen LogP contribution in [-0.2, 0) is 16.0 Å². The van der Waals surface area contributed by atoms with E-state index in [4.69, 9.17) is 10.8 Å². The average molecular weight is 411 g/mol. The van der Waals surface area contributed by atoms with Gasteiger partial charge >= 0.3 is 0 Å². The molecule has 1 aromatic rings. The Morgan fingerprint density at radius 2 is 1.90 bits per heavy atom. The Morgan fingerprint density at radius 1 is 1.20 bits per heavy atom. The summed E-state index contributed by atoms with van der Waals surface area (Å²) < 4.78 is 0. The van der Waals surface area contributed by atoms with Gasteiger partial charge in [-0.1, -0.05) is 31.7 Å². The van der Waals surface area contributed by atoms with Crippen LogP contribution in [0.1, 0.15) is 31.4 Å². The number of likely N-dealkylation sites (N-methyl/N-ethyl adjacent to an activating group) is 1. The Bertz CT molecular complexity index is 899. The molecule has 0 radical (unpaired) electrons. The summed E-state index contributed by atoms with van der Waals surface area (Å²) >= 11 is 0. The number of amidine groups is 1. The van der Waals surface area contributed by atoms with Crippen molar-refractivity contribution in [3.8, 4) is 0 Å². The van der Waals surface area contributed by atoms with Crippen LogP contribution in [0.4, 0.5) is 5.69 Å². The lowest BCUT2D eigenvalue weighted by Crippen LogP contribution is -2.28. The molecule has 1 rings (SSSR count). The maximum Gasteiger partial charge on any atom is 0.252 e. The molecule has 0 aromatic heterocycles. The van der Waals surface area contributed by atoms with E-state index < -0.39 is 5.91 Å². The zero-order chi connectivity index (χ0) is 22.7. The maximum atomic E-state index is 12.1. The number of nitrogens with one attached hydrogen (secondary N) is 6. The second-order valence-electron chi connectivity index (χ2n) is 6.39. The van der Waals surface area contributed by atoms with Crippen LogP contribution in [0.3, 0.4) is 0 Å². The fraction of sp³-hybridized carbons (Fsp3) is 0.273. The average Bonchev–Trinajstić information content (AvgIpc) is 2.71. The van der Waals surface area contributed by atoms with Gasteiger partial charge < -0.3 is 26.7 Å². The molecular formula is C22H30N6O2. The SMILES string of the molecule is C=C(C(=O)NC)/C(=C\C(=N)NC(C)=O)Nc1cccc(C(=N)C/C=C\NC)c1CC. The van der Waals surface area contributed by atoms with Gasteiger partial charge in [-0.15, -0.1) is 0 Å². The molecule has 0 unspecified atom stereocenters. The van der Waals surface area contributed by atoms with E-state index in [-0.39, 0.29) is 23.0 Å². The lowest BCUT2D eigenvalue weighted by Gasteiger charge is -2.18. The van der Waals surface area contributed by atoms with Crippen molar-refractivity contribution in [2.24, 2.45) is 0 Å². The van der Waals surface area contributed by atoms with Crippen molar-refractivity contribution in [3.05, 3.63) is 65.5 Å². The van der Waals surface area contributed by atoms with Crippen LogP contribution >= 0.6 is 0 Å². The van der Waals surface area contributed by atoms with E-state index in [1.54, 1.807) is 13.2 Å². The number of anilines is 1. The van der Waals surface area contributed by atoms with E-state index in [9.17, 15) is 9.59 Å². The molecule has 30 heavy (non-hydrogen) atoms. The van der Waals surface area contributed by atoms with Crippen LogP contribution in [0.2, 0.25) is 0 Å². The Labute approximate surface area is 177 Å². The largest absolute Gasteiger partial charge is 0.394 e. The molecule has 0 saturated carbocycles. The van der Waals surface area contributed by atoms with Crippen LogP contribution in [-0.4, -0.2) is 37.5 Å². The zero-order valence-electron chi connectivity index (χ0n) is 17.9. The van der Waals surface area contributed by atoms with Crippen molar-refractivity contribution in [1.82, 2.24) is 16.0 Å². The molecule has 0 atom stereocenters.